The molecule has 88 valence electrons. The predicted octanol–water partition coefficient (Wildman–Crippen LogP) is 1.36. The minimum atomic E-state index is -1.09. The van der Waals surface area contributed by atoms with Gasteiger partial charge in [-0.25, -0.2) is 14.2 Å². The van der Waals surface area contributed by atoms with Crippen LogP contribution in [0, 0.1) is 11.7 Å². The number of nitrogens with zero attached hydrogens (tertiary/aromatic N) is 1. The van der Waals surface area contributed by atoms with E-state index in [2.05, 4.69) is 10.3 Å². The van der Waals surface area contributed by atoms with Crippen LogP contribution in [0.4, 0.5) is 9.18 Å². The number of aliphatic carboxylic acids is 1. The summed E-state index contributed by atoms with van der Waals surface area (Å²) in [5.74, 6) is -2.46. The average Bonchev–Trinajstić information content (AvgIpc) is 2.29. The number of hydrogen-bond donors (Lipinski definition) is 2. The van der Waals surface area contributed by atoms with E-state index in [1.165, 1.54) is 24.3 Å². The average molecular weight is 236 g/mol. The molecule has 2 unspecified atom stereocenters. The van der Waals surface area contributed by atoms with Crippen LogP contribution in [-0.2, 0) is 4.79 Å². The van der Waals surface area contributed by atoms with E-state index in [0.717, 1.165) is 6.21 Å². The number of nitrogens with one attached hydrogen (secondary N) is 1. The van der Waals surface area contributed by atoms with Crippen molar-refractivity contribution in [1.29, 1.82) is 0 Å². The number of urea groups is 1. The Morgan fingerprint density at radius 2 is 2.00 bits per heavy atom. The van der Waals surface area contributed by atoms with Gasteiger partial charge < -0.3 is 10.4 Å². The molecule has 1 aliphatic rings. The molecule has 2 atom stereocenters. The molecule has 5 nitrogen and oxygen atoms in total. The maximum atomic E-state index is 12.8. The molecule has 0 aliphatic carbocycles. The zero-order chi connectivity index (χ0) is 12.4. The van der Waals surface area contributed by atoms with Gasteiger partial charge in [0.2, 0.25) is 0 Å². The first-order valence-electron chi connectivity index (χ1n) is 4.91. The summed E-state index contributed by atoms with van der Waals surface area (Å²) in [6.45, 7) is 0. The second-order valence-corrected chi connectivity index (χ2v) is 3.62. The molecular formula is C11H9FN2O3. The zero-order valence-corrected chi connectivity index (χ0v) is 8.63. The van der Waals surface area contributed by atoms with Crippen LogP contribution in [0.5, 0.6) is 0 Å². The van der Waals surface area contributed by atoms with Crippen LogP contribution in [0.15, 0.2) is 29.3 Å². The number of carboxylic acid groups (broad SMARTS) is 1. The molecule has 1 aromatic carbocycles. The van der Waals surface area contributed by atoms with E-state index in [-0.39, 0.29) is 0 Å². The maximum absolute atomic E-state index is 12.8. The first-order chi connectivity index (χ1) is 8.08. The van der Waals surface area contributed by atoms with Crippen molar-refractivity contribution in [3.8, 4) is 0 Å². The van der Waals surface area contributed by atoms with Gasteiger partial charge in [0, 0.05) is 6.21 Å². The topological polar surface area (TPSA) is 78.8 Å². The molecule has 6 heteroatoms. The summed E-state index contributed by atoms with van der Waals surface area (Å²) >= 11 is 0. The van der Waals surface area contributed by atoms with E-state index in [4.69, 9.17) is 5.11 Å². The molecule has 1 aromatic rings. The Balaban J connectivity index is 2.34. The molecule has 2 N–H and O–H groups in total. The maximum Gasteiger partial charge on any atom is 0.341 e. The van der Waals surface area contributed by atoms with Crippen molar-refractivity contribution >= 4 is 18.2 Å². The fourth-order valence-corrected chi connectivity index (χ4v) is 1.66. The number of amides is 2. The molecule has 0 aromatic heterocycles. The number of benzene rings is 1. The SMILES string of the molecule is O=C1N=CC(C(=O)O)C(c2ccc(F)cc2)N1. The molecule has 0 radical (unpaired) electrons. The largest absolute Gasteiger partial charge is 0.481 e. The molecule has 0 saturated heterocycles. The van der Waals surface area contributed by atoms with Crippen LogP contribution in [0.25, 0.3) is 0 Å². The van der Waals surface area contributed by atoms with Crippen molar-refractivity contribution in [2.45, 2.75) is 6.04 Å². The molecule has 2 amide bonds. The third-order valence-electron chi connectivity index (χ3n) is 2.50. The van der Waals surface area contributed by atoms with Gasteiger partial charge in [0.1, 0.15) is 11.7 Å². The lowest BCUT2D eigenvalue weighted by Gasteiger charge is -2.24. The van der Waals surface area contributed by atoms with Crippen molar-refractivity contribution in [3.05, 3.63) is 35.6 Å². The highest BCUT2D eigenvalue weighted by Gasteiger charge is 2.32. The fourth-order valence-electron chi connectivity index (χ4n) is 1.66. The van der Waals surface area contributed by atoms with Gasteiger partial charge in [0.05, 0.1) is 6.04 Å². The minimum Gasteiger partial charge on any atom is -0.481 e. The Morgan fingerprint density at radius 1 is 1.35 bits per heavy atom. The van der Waals surface area contributed by atoms with E-state index >= 15 is 0 Å². The summed E-state index contributed by atoms with van der Waals surface area (Å²) in [5.41, 5.74) is 0.526. The minimum absolute atomic E-state index is 0.420. The standard InChI is InChI=1S/C11H9FN2O3/c12-7-3-1-6(2-4-7)9-8(10(15)16)5-13-11(17)14-9/h1-5,8-9H,(H,14,17)(H,15,16). The van der Waals surface area contributed by atoms with Crippen LogP contribution in [0.1, 0.15) is 11.6 Å². The van der Waals surface area contributed by atoms with Crippen molar-refractivity contribution in [2.75, 3.05) is 0 Å². The van der Waals surface area contributed by atoms with Crippen LogP contribution in [-0.4, -0.2) is 23.3 Å². The van der Waals surface area contributed by atoms with Gasteiger partial charge in [0.15, 0.2) is 0 Å². The molecule has 1 aliphatic heterocycles. The highest BCUT2D eigenvalue weighted by atomic mass is 19.1. The van der Waals surface area contributed by atoms with Gasteiger partial charge >= 0.3 is 12.0 Å². The fraction of sp³-hybridized carbons (Fsp3) is 0.182. The summed E-state index contributed by atoms with van der Waals surface area (Å²) in [7, 11) is 0. The molecule has 0 fully saturated rings. The number of carboxylic acids is 1. The Labute approximate surface area is 96.0 Å². The van der Waals surface area contributed by atoms with Crippen molar-refractivity contribution in [3.63, 3.8) is 0 Å². The third-order valence-corrected chi connectivity index (χ3v) is 2.50. The zero-order valence-electron chi connectivity index (χ0n) is 8.63. The van der Waals surface area contributed by atoms with Gasteiger partial charge in [-0.15, -0.1) is 0 Å². The second-order valence-electron chi connectivity index (χ2n) is 3.62. The summed E-state index contributed by atoms with van der Waals surface area (Å²) in [4.78, 5) is 25.5. The number of aliphatic imine (C=N–C) groups is 1. The Kier molecular flexibility index (Phi) is 2.86. The molecule has 2 rings (SSSR count). The molecule has 1 heterocycles. The highest BCUT2D eigenvalue weighted by molar-refractivity contribution is 5.97. The van der Waals surface area contributed by atoms with Gasteiger partial charge in [-0.05, 0) is 17.7 Å². The second kappa shape index (κ2) is 4.32. The van der Waals surface area contributed by atoms with Gasteiger partial charge in [-0.2, -0.15) is 0 Å². The Morgan fingerprint density at radius 3 is 2.59 bits per heavy atom. The van der Waals surface area contributed by atoms with Gasteiger partial charge in [-0.3, -0.25) is 4.79 Å². The lowest BCUT2D eigenvalue weighted by molar-refractivity contribution is -0.140. The Hall–Kier alpha value is -2.24. The number of carbonyl (C=O) groups excluding carboxylic acids is 1. The molecule has 17 heavy (non-hydrogen) atoms. The molecular weight excluding hydrogens is 227 g/mol. The normalized spacial score (nSPS) is 23.2. The quantitative estimate of drug-likeness (QED) is 0.813. The first-order valence-corrected chi connectivity index (χ1v) is 4.91. The van der Waals surface area contributed by atoms with E-state index in [9.17, 15) is 14.0 Å². The van der Waals surface area contributed by atoms with E-state index in [1.807, 2.05) is 0 Å². The number of hydrogen-bond acceptors (Lipinski definition) is 2. The van der Waals surface area contributed by atoms with Crippen LogP contribution in [0.3, 0.4) is 0 Å². The van der Waals surface area contributed by atoms with E-state index in [0.29, 0.717) is 5.56 Å². The lowest BCUT2D eigenvalue weighted by Crippen LogP contribution is -2.40. The lowest BCUT2D eigenvalue weighted by atomic mass is 9.93. The number of carbonyl (C=O) groups is 2. The van der Waals surface area contributed by atoms with E-state index in [1.54, 1.807) is 0 Å². The summed E-state index contributed by atoms with van der Waals surface area (Å²) in [6, 6.07) is 3.98. The van der Waals surface area contributed by atoms with Crippen molar-refractivity contribution in [2.24, 2.45) is 10.9 Å². The summed E-state index contributed by atoms with van der Waals surface area (Å²) in [6.07, 6.45) is 1.09. The summed E-state index contributed by atoms with van der Waals surface area (Å²) in [5, 5.41) is 11.4. The highest BCUT2D eigenvalue weighted by Crippen LogP contribution is 2.24. The predicted molar refractivity (Wildman–Crippen MR) is 57.3 cm³/mol. The smallest absolute Gasteiger partial charge is 0.341 e. The van der Waals surface area contributed by atoms with Crippen molar-refractivity contribution in [1.82, 2.24) is 5.32 Å². The van der Waals surface area contributed by atoms with Crippen molar-refractivity contribution < 1.29 is 19.1 Å². The van der Waals surface area contributed by atoms with Crippen LogP contribution < -0.4 is 5.32 Å². The first kappa shape index (κ1) is 11.3. The van der Waals surface area contributed by atoms with Crippen LogP contribution >= 0.6 is 0 Å². The molecule has 0 saturated carbocycles. The number of rotatable bonds is 2. The van der Waals surface area contributed by atoms with Crippen LogP contribution in [0.2, 0.25) is 0 Å². The molecule has 0 spiro atoms. The monoisotopic (exact) mass is 236 g/mol. The Bertz CT molecular complexity index is 484. The summed E-state index contributed by atoms with van der Waals surface area (Å²) < 4.78 is 12.8. The third kappa shape index (κ3) is 2.30. The van der Waals surface area contributed by atoms with E-state index < -0.39 is 29.8 Å². The van der Waals surface area contributed by atoms with Gasteiger partial charge in [-0.1, -0.05) is 12.1 Å². The molecule has 0 bridgehead atoms. The number of halogens is 1. The van der Waals surface area contributed by atoms with Gasteiger partial charge in [0.25, 0.3) is 0 Å².